The molecule has 3 heterocycles. The molecule has 9 nitrogen and oxygen atoms in total. The smallest absolute Gasteiger partial charge is 0.336 e. The Morgan fingerprint density at radius 1 is 1.19 bits per heavy atom. The van der Waals surface area contributed by atoms with Gasteiger partial charge >= 0.3 is 12.2 Å². The summed E-state index contributed by atoms with van der Waals surface area (Å²) in [7, 11) is 0. The lowest BCUT2D eigenvalue weighted by Gasteiger charge is -2.08. The number of nitrogens with one attached hydrogen (secondary N) is 2. The number of pyridine rings is 1. The summed E-state index contributed by atoms with van der Waals surface area (Å²) in [5.41, 5.74) is 0.719. The second-order valence-electron chi connectivity index (χ2n) is 6.70. The quantitative estimate of drug-likeness (QED) is 0.452. The maximum Gasteiger partial charge on any atom is 0.417 e. The van der Waals surface area contributed by atoms with Gasteiger partial charge in [-0.3, -0.25) is 10.3 Å². The van der Waals surface area contributed by atoms with Gasteiger partial charge in [0.05, 0.1) is 22.3 Å². The Morgan fingerprint density at radius 3 is 2.78 bits per heavy atom. The van der Waals surface area contributed by atoms with Crippen molar-refractivity contribution in [3.05, 3.63) is 48.0 Å². The topological polar surface area (TPSA) is 111 Å². The minimum Gasteiger partial charge on any atom is -0.336 e. The molecular formula is C19H17F3N8OS. The lowest BCUT2D eigenvalue weighted by Crippen LogP contribution is -2.31. The number of hydrogen-bond acceptors (Lipinski definition) is 7. The number of aryl methyl sites for hydroxylation is 1. The number of hydrogen-bond donors (Lipinski definition) is 2. The van der Waals surface area contributed by atoms with E-state index in [1.165, 1.54) is 22.3 Å². The molecule has 0 bridgehead atoms. The maximum atomic E-state index is 13.0. The van der Waals surface area contributed by atoms with Crippen molar-refractivity contribution >= 4 is 32.7 Å². The number of aromatic nitrogens is 6. The Morgan fingerprint density at radius 2 is 2.03 bits per heavy atom. The number of tetrazole rings is 1. The molecule has 0 atom stereocenters. The number of fused-ring (bicyclic) bond motifs is 1. The van der Waals surface area contributed by atoms with Gasteiger partial charge in [-0.05, 0) is 29.0 Å². The van der Waals surface area contributed by atoms with Crippen LogP contribution in [-0.2, 0) is 19.1 Å². The van der Waals surface area contributed by atoms with Crippen LogP contribution < -0.4 is 10.6 Å². The van der Waals surface area contributed by atoms with Crippen molar-refractivity contribution in [2.75, 3.05) is 11.9 Å². The third kappa shape index (κ3) is 4.99. The summed E-state index contributed by atoms with van der Waals surface area (Å²) < 4.78 is 39.6. The zero-order valence-electron chi connectivity index (χ0n) is 16.7. The summed E-state index contributed by atoms with van der Waals surface area (Å²) in [6.07, 6.45) is -1.63. The van der Waals surface area contributed by atoms with E-state index in [1.807, 2.05) is 6.92 Å². The van der Waals surface area contributed by atoms with Crippen LogP contribution in [0.25, 0.3) is 21.3 Å². The Bertz CT molecular complexity index is 1250. The number of benzene rings is 1. The first kappa shape index (κ1) is 21.6. The molecule has 0 aliphatic heterocycles. The van der Waals surface area contributed by atoms with Crippen molar-refractivity contribution in [1.82, 2.24) is 35.5 Å². The minimum absolute atomic E-state index is 0.295. The average Bonchev–Trinajstić information content (AvgIpc) is 3.38. The van der Waals surface area contributed by atoms with Crippen molar-refractivity contribution in [2.24, 2.45) is 0 Å². The number of carbonyl (C=O) groups excluding carboxylic acids is 1. The standard InChI is InChI=1S/C19H17F3N8OS/c1-2-16-27-29-30(28-16)6-5-24-17(31)26-18-25-14-4-3-11(8-15(14)32-18)12-7-13(10-23-9-12)19(20,21)22/h3-4,7-10H,2,5-6H2,1H3,(H2,24,25,26,31). The predicted molar refractivity (Wildman–Crippen MR) is 112 cm³/mol. The molecule has 2 amide bonds. The number of amides is 2. The molecule has 0 aliphatic carbocycles. The van der Waals surface area contributed by atoms with Crippen molar-refractivity contribution in [2.45, 2.75) is 26.1 Å². The second-order valence-corrected chi connectivity index (χ2v) is 7.73. The van der Waals surface area contributed by atoms with Gasteiger partial charge in [-0.1, -0.05) is 24.3 Å². The molecule has 0 radical (unpaired) electrons. The molecule has 0 spiro atoms. The summed E-state index contributed by atoms with van der Waals surface area (Å²) >= 11 is 1.21. The Balaban J connectivity index is 1.41. The summed E-state index contributed by atoms with van der Waals surface area (Å²) in [6.45, 7) is 2.59. The molecule has 0 aliphatic rings. The lowest BCUT2D eigenvalue weighted by molar-refractivity contribution is -0.137. The van der Waals surface area contributed by atoms with E-state index in [0.29, 0.717) is 51.8 Å². The van der Waals surface area contributed by atoms with Crippen LogP contribution in [-0.4, -0.2) is 42.8 Å². The highest BCUT2D eigenvalue weighted by atomic mass is 32.1. The van der Waals surface area contributed by atoms with Crippen LogP contribution in [0.3, 0.4) is 0 Å². The fraction of sp³-hybridized carbons (Fsp3) is 0.263. The van der Waals surface area contributed by atoms with Crippen LogP contribution in [0.15, 0.2) is 36.7 Å². The number of thiazole rings is 1. The summed E-state index contributed by atoms with van der Waals surface area (Å²) in [5.74, 6) is 0.629. The largest absolute Gasteiger partial charge is 0.417 e. The monoisotopic (exact) mass is 462 g/mol. The van der Waals surface area contributed by atoms with Crippen LogP contribution in [0.2, 0.25) is 0 Å². The molecule has 3 aromatic heterocycles. The first-order chi connectivity index (χ1) is 15.3. The van der Waals surface area contributed by atoms with Gasteiger partial charge < -0.3 is 5.32 Å². The van der Waals surface area contributed by atoms with E-state index < -0.39 is 17.8 Å². The van der Waals surface area contributed by atoms with Crippen LogP contribution in [0, 0.1) is 0 Å². The lowest BCUT2D eigenvalue weighted by atomic mass is 10.1. The highest BCUT2D eigenvalue weighted by Gasteiger charge is 2.31. The zero-order valence-corrected chi connectivity index (χ0v) is 17.5. The summed E-state index contributed by atoms with van der Waals surface area (Å²) in [5, 5.41) is 17.6. The Hall–Kier alpha value is -3.61. The van der Waals surface area contributed by atoms with Crippen molar-refractivity contribution in [3.8, 4) is 11.1 Å². The number of anilines is 1. The molecule has 32 heavy (non-hydrogen) atoms. The molecule has 1 aromatic carbocycles. The number of urea groups is 1. The van der Waals surface area contributed by atoms with Crippen LogP contribution in [0.5, 0.6) is 0 Å². The van der Waals surface area contributed by atoms with Crippen molar-refractivity contribution < 1.29 is 18.0 Å². The SMILES string of the molecule is CCc1nnn(CCNC(=O)Nc2nc3ccc(-c4cncc(C(F)(F)F)c4)cc3s2)n1. The van der Waals surface area contributed by atoms with E-state index in [2.05, 4.69) is 36.0 Å². The molecule has 4 aromatic rings. The van der Waals surface area contributed by atoms with Gasteiger partial charge in [0.1, 0.15) is 0 Å². The molecule has 0 saturated heterocycles. The van der Waals surface area contributed by atoms with Crippen LogP contribution in [0.1, 0.15) is 18.3 Å². The molecule has 4 rings (SSSR count). The predicted octanol–water partition coefficient (Wildman–Crippen LogP) is 3.75. The fourth-order valence-corrected chi connectivity index (χ4v) is 3.73. The van der Waals surface area contributed by atoms with Crippen LogP contribution in [0.4, 0.5) is 23.1 Å². The average molecular weight is 462 g/mol. The Kier molecular flexibility index (Phi) is 5.99. The summed E-state index contributed by atoms with van der Waals surface area (Å²) in [4.78, 5) is 21.6. The molecule has 0 unspecified atom stereocenters. The second kappa shape index (κ2) is 8.86. The maximum absolute atomic E-state index is 13.0. The van der Waals surface area contributed by atoms with E-state index in [-0.39, 0.29) is 0 Å². The number of rotatable bonds is 6. The first-order valence-electron chi connectivity index (χ1n) is 9.56. The van der Waals surface area contributed by atoms with Gasteiger partial charge in [0.25, 0.3) is 0 Å². The molecule has 2 N–H and O–H groups in total. The van der Waals surface area contributed by atoms with E-state index in [4.69, 9.17) is 0 Å². The third-order valence-corrected chi connectivity index (χ3v) is 5.35. The minimum atomic E-state index is -4.47. The fourth-order valence-electron chi connectivity index (χ4n) is 2.83. The van der Waals surface area contributed by atoms with E-state index in [1.54, 1.807) is 18.2 Å². The number of alkyl halides is 3. The van der Waals surface area contributed by atoms with Crippen LogP contribution >= 0.6 is 11.3 Å². The van der Waals surface area contributed by atoms with E-state index in [9.17, 15) is 18.0 Å². The van der Waals surface area contributed by atoms with E-state index >= 15 is 0 Å². The van der Waals surface area contributed by atoms with E-state index in [0.717, 1.165) is 12.3 Å². The van der Waals surface area contributed by atoms with Gasteiger partial charge in [0.15, 0.2) is 11.0 Å². The first-order valence-corrected chi connectivity index (χ1v) is 10.4. The highest BCUT2D eigenvalue weighted by Crippen LogP contribution is 2.34. The number of halogens is 3. The zero-order chi connectivity index (χ0) is 22.7. The van der Waals surface area contributed by atoms with Crippen molar-refractivity contribution in [3.63, 3.8) is 0 Å². The van der Waals surface area contributed by atoms with Gasteiger partial charge in [0, 0.05) is 30.9 Å². The number of nitrogens with zero attached hydrogens (tertiary/aromatic N) is 6. The molecular weight excluding hydrogens is 445 g/mol. The molecule has 166 valence electrons. The summed E-state index contributed by atoms with van der Waals surface area (Å²) in [6, 6.07) is 5.68. The van der Waals surface area contributed by atoms with Gasteiger partial charge in [-0.25, -0.2) is 9.78 Å². The Labute approximate surface area is 183 Å². The van der Waals surface area contributed by atoms with Crippen molar-refractivity contribution in [1.29, 1.82) is 0 Å². The van der Waals surface area contributed by atoms with Gasteiger partial charge in [-0.2, -0.15) is 18.0 Å². The highest BCUT2D eigenvalue weighted by molar-refractivity contribution is 7.22. The molecule has 13 heteroatoms. The molecule has 0 fully saturated rings. The molecule has 0 saturated carbocycles. The number of carbonyl (C=O) groups is 1. The third-order valence-electron chi connectivity index (χ3n) is 4.42. The van der Waals surface area contributed by atoms with Gasteiger partial charge in [-0.15, -0.1) is 10.2 Å². The van der Waals surface area contributed by atoms with Gasteiger partial charge in [0.2, 0.25) is 0 Å². The normalized spacial score (nSPS) is 11.6.